The zero-order chi connectivity index (χ0) is 9.42. The van der Waals surface area contributed by atoms with Crippen LogP contribution in [0.2, 0.25) is 0 Å². The molecule has 2 N–H and O–H groups in total. The van der Waals surface area contributed by atoms with Gasteiger partial charge < -0.3 is 4.90 Å². The Bertz CT molecular complexity index is 247. The fourth-order valence-electron chi connectivity index (χ4n) is 1.93. The zero-order valence-electron chi connectivity index (χ0n) is 7.84. The summed E-state index contributed by atoms with van der Waals surface area (Å²) in [5.74, 6) is 0.957. The van der Waals surface area contributed by atoms with Crippen LogP contribution in [-0.2, 0) is 0 Å². The van der Waals surface area contributed by atoms with Crippen LogP contribution < -0.4 is 5.32 Å². The lowest BCUT2D eigenvalue weighted by Crippen LogP contribution is -2.37. The van der Waals surface area contributed by atoms with Crippen LogP contribution in [0, 0.1) is 11.3 Å². The van der Waals surface area contributed by atoms with Crippen molar-refractivity contribution >= 4 is 11.9 Å². The summed E-state index contributed by atoms with van der Waals surface area (Å²) in [5, 5.41) is 10.2. The first-order chi connectivity index (χ1) is 6.24. The first-order valence-corrected chi connectivity index (χ1v) is 4.90. The summed E-state index contributed by atoms with van der Waals surface area (Å²) in [6.45, 7) is 2.83. The van der Waals surface area contributed by atoms with Crippen molar-refractivity contribution in [2.45, 2.75) is 32.2 Å². The summed E-state index contributed by atoms with van der Waals surface area (Å²) in [6.07, 6.45) is 3.30. The number of hydrogen-bond acceptors (Lipinski definition) is 2. The number of hydrogen-bond donors (Lipinski definition) is 2. The third kappa shape index (κ3) is 1.41. The molecule has 2 fully saturated rings. The second-order valence-corrected chi connectivity index (χ2v) is 3.82. The van der Waals surface area contributed by atoms with Crippen molar-refractivity contribution in [3.63, 3.8) is 0 Å². The van der Waals surface area contributed by atoms with E-state index in [1.165, 1.54) is 12.8 Å². The molecular weight excluding hydrogens is 166 g/mol. The van der Waals surface area contributed by atoms with Crippen LogP contribution in [0.1, 0.15) is 26.2 Å². The summed E-state index contributed by atoms with van der Waals surface area (Å²) in [6, 6.07) is -0.0174. The number of carbonyl (C=O) groups is 1. The first-order valence-electron chi connectivity index (χ1n) is 4.90. The third-order valence-electron chi connectivity index (χ3n) is 2.67. The van der Waals surface area contributed by atoms with Crippen LogP contribution in [0.15, 0.2) is 0 Å². The maximum atomic E-state index is 11.4. The molecule has 0 radical (unpaired) electrons. The number of carbonyl (C=O) groups excluding carboxylic acids is 1. The van der Waals surface area contributed by atoms with Gasteiger partial charge >= 0.3 is 6.03 Å². The van der Waals surface area contributed by atoms with Gasteiger partial charge in [-0.1, -0.05) is 6.92 Å². The molecule has 1 aliphatic heterocycles. The summed E-state index contributed by atoms with van der Waals surface area (Å²) in [5.41, 5.74) is 0. The highest BCUT2D eigenvalue weighted by atomic mass is 16.2. The molecular formula is C9H15N3O. The Morgan fingerprint density at radius 3 is 2.85 bits per heavy atom. The molecule has 13 heavy (non-hydrogen) atoms. The Labute approximate surface area is 77.8 Å². The van der Waals surface area contributed by atoms with Crippen LogP contribution in [-0.4, -0.2) is 29.4 Å². The van der Waals surface area contributed by atoms with Crippen molar-refractivity contribution in [2.75, 3.05) is 6.54 Å². The van der Waals surface area contributed by atoms with Gasteiger partial charge in [0.05, 0.1) is 6.04 Å². The second kappa shape index (κ2) is 3.01. The van der Waals surface area contributed by atoms with E-state index in [-0.39, 0.29) is 12.1 Å². The molecule has 4 heteroatoms. The zero-order valence-corrected chi connectivity index (χ0v) is 7.84. The Kier molecular flexibility index (Phi) is 1.98. The lowest BCUT2D eigenvalue weighted by atomic mass is 10.1. The summed E-state index contributed by atoms with van der Waals surface area (Å²) >= 11 is 0. The number of amidine groups is 1. The third-order valence-corrected chi connectivity index (χ3v) is 2.67. The van der Waals surface area contributed by atoms with E-state index in [0.29, 0.717) is 11.8 Å². The van der Waals surface area contributed by atoms with Gasteiger partial charge in [0.2, 0.25) is 0 Å². The van der Waals surface area contributed by atoms with Crippen molar-refractivity contribution in [1.82, 2.24) is 10.2 Å². The predicted octanol–water partition coefficient (Wildman–Crippen LogP) is 1.18. The van der Waals surface area contributed by atoms with Crippen LogP contribution >= 0.6 is 0 Å². The topological polar surface area (TPSA) is 56.2 Å². The van der Waals surface area contributed by atoms with Gasteiger partial charge in [-0.25, -0.2) is 4.79 Å². The quantitative estimate of drug-likeness (QED) is 0.674. The molecule has 2 aliphatic rings. The van der Waals surface area contributed by atoms with Gasteiger partial charge in [-0.2, -0.15) is 0 Å². The summed E-state index contributed by atoms with van der Waals surface area (Å²) < 4.78 is 0. The van der Waals surface area contributed by atoms with E-state index in [0.717, 1.165) is 13.0 Å². The van der Waals surface area contributed by atoms with Crippen LogP contribution in [0.4, 0.5) is 4.79 Å². The van der Waals surface area contributed by atoms with E-state index in [1.54, 1.807) is 4.90 Å². The van der Waals surface area contributed by atoms with Gasteiger partial charge in [-0.15, -0.1) is 0 Å². The maximum absolute atomic E-state index is 11.4. The highest BCUT2D eigenvalue weighted by Gasteiger charge is 2.44. The van der Waals surface area contributed by atoms with Gasteiger partial charge in [-0.3, -0.25) is 10.7 Å². The minimum absolute atomic E-state index is 0.0625. The van der Waals surface area contributed by atoms with Crippen molar-refractivity contribution in [3.05, 3.63) is 0 Å². The lowest BCUT2D eigenvalue weighted by Gasteiger charge is -2.21. The average Bonchev–Trinajstić information content (AvgIpc) is 2.83. The predicted molar refractivity (Wildman–Crippen MR) is 49.8 cm³/mol. The van der Waals surface area contributed by atoms with Crippen molar-refractivity contribution < 1.29 is 4.79 Å². The first kappa shape index (κ1) is 8.53. The van der Waals surface area contributed by atoms with E-state index in [2.05, 4.69) is 12.2 Å². The standard InChI is InChI=1S/C9H15N3O/c1-2-5-12-7(6-3-4-6)8(10)11-9(12)13/h6-7H,2-5H2,1H3,(H2,10,11,13). The summed E-state index contributed by atoms with van der Waals surface area (Å²) in [7, 11) is 0. The Balaban J connectivity index is 2.10. The van der Waals surface area contributed by atoms with Crippen LogP contribution in [0.25, 0.3) is 0 Å². The highest BCUT2D eigenvalue weighted by molar-refractivity contribution is 6.05. The number of nitrogens with zero attached hydrogens (tertiary/aromatic N) is 1. The van der Waals surface area contributed by atoms with Crippen LogP contribution in [0.5, 0.6) is 0 Å². The smallest absolute Gasteiger partial charge is 0.314 e. The van der Waals surface area contributed by atoms with Gasteiger partial charge in [-0.05, 0) is 25.2 Å². The minimum atomic E-state index is -0.0799. The maximum Gasteiger partial charge on any atom is 0.323 e. The van der Waals surface area contributed by atoms with Gasteiger partial charge in [0.25, 0.3) is 0 Å². The number of rotatable bonds is 3. The molecule has 1 saturated carbocycles. The molecule has 72 valence electrons. The molecule has 0 aromatic heterocycles. The monoisotopic (exact) mass is 181 g/mol. The number of nitrogens with one attached hydrogen (secondary N) is 2. The molecule has 1 heterocycles. The Hall–Kier alpha value is -1.06. The Morgan fingerprint density at radius 2 is 2.31 bits per heavy atom. The molecule has 0 bridgehead atoms. The molecule has 2 amide bonds. The highest BCUT2D eigenvalue weighted by Crippen LogP contribution is 2.37. The van der Waals surface area contributed by atoms with E-state index in [4.69, 9.17) is 5.41 Å². The largest absolute Gasteiger partial charge is 0.323 e. The summed E-state index contributed by atoms with van der Waals surface area (Å²) in [4.78, 5) is 13.2. The van der Waals surface area contributed by atoms with Crippen molar-refractivity contribution in [3.8, 4) is 0 Å². The van der Waals surface area contributed by atoms with E-state index >= 15 is 0 Å². The molecule has 4 nitrogen and oxygen atoms in total. The molecule has 1 unspecified atom stereocenters. The van der Waals surface area contributed by atoms with Gasteiger partial charge in [0.15, 0.2) is 0 Å². The fourth-order valence-corrected chi connectivity index (χ4v) is 1.93. The SMILES string of the molecule is CCCN1C(=O)NC(=N)C1C1CC1. The molecule has 1 atom stereocenters. The van der Waals surface area contributed by atoms with Crippen molar-refractivity contribution in [2.24, 2.45) is 5.92 Å². The molecule has 2 rings (SSSR count). The molecule has 0 aromatic rings. The number of amides is 2. The minimum Gasteiger partial charge on any atom is -0.314 e. The molecule has 0 aromatic carbocycles. The molecule has 1 aliphatic carbocycles. The fraction of sp³-hybridized carbons (Fsp3) is 0.778. The molecule has 0 spiro atoms. The van der Waals surface area contributed by atoms with Crippen LogP contribution in [0.3, 0.4) is 0 Å². The van der Waals surface area contributed by atoms with Gasteiger partial charge in [0, 0.05) is 6.54 Å². The average molecular weight is 181 g/mol. The normalized spacial score (nSPS) is 28.1. The number of urea groups is 1. The second-order valence-electron chi connectivity index (χ2n) is 3.82. The van der Waals surface area contributed by atoms with E-state index in [1.807, 2.05) is 0 Å². The van der Waals surface area contributed by atoms with Gasteiger partial charge in [0.1, 0.15) is 5.84 Å². The lowest BCUT2D eigenvalue weighted by molar-refractivity contribution is 0.201. The Morgan fingerprint density at radius 1 is 1.62 bits per heavy atom. The van der Waals surface area contributed by atoms with Crippen molar-refractivity contribution in [1.29, 1.82) is 5.41 Å². The van der Waals surface area contributed by atoms with E-state index < -0.39 is 0 Å². The molecule has 1 saturated heterocycles. The van der Waals surface area contributed by atoms with E-state index in [9.17, 15) is 4.79 Å².